The van der Waals surface area contributed by atoms with Crippen molar-refractivity contribution in [2.75, 3.05) is 13.7 Å². The van der Waals surface area contributed by atoms with Crippen LogP contribution in [0.4, 0.5) is 0 Å². The molecule has 0 aliphatic carbocycles. The Kier molecular flexibility index (Phi) is 4.99. The molecule has 1 aliphatic heterocycles. The average molecular weight is 380 g/mol. The van der Waals surface area contributed by atoms with Crippen LogP contribution in [0.25, 0.3) is 17.4 Å². The highest BCUT2D eigenvalue weighted by Gasteiger charge is 2.30. The topological polar surface area (TPSA) is 42.7 Å². The molecule has 7 heteroatoms. The minimum Gasteiger partial charge on any atom is -0.495 e. The molecule has 0 bridgehead atoms. The first-order valence-corrected chi connectivity index (χ1v) is 8.83. The van der Waals surface area contributed by atoms with Crippen LogP contribution in [0.1, 0.15) is 12.7 Å². The van der Waals surface area contributed by atoms with Crippen LogP contribution in [0, 0.1) is 0 Å². The smallest absolute Gasteiger partial charge is 0.266 e. The number of nitrogens with zero attached hydrogens (tertiary/aromatic N) is 1. The highest BCUT2D eigenvalue weighted by molar-refractivity contribution is 8.26. The van der Waals surface area contributed by atoms with Gasteiger partial charge in [-0.3, -0.25) is 9.69 Å². The second-order valence-corrected chi connectivity index (χ2v) is 7.06. The number of thioether (sulfide) groups is 1. The largest absolute Gasteiger partial charge is 0.495 e. The number of carbonyl (C=O) groups is 1. The molecule has 1 saturated heterocycles. The number of hydrogen-bond donors (Lipinski definition) is 0. The summed E-state index contributed by atoms with van der Waals surface area (Å²) in [6.07, 6.45) is 1.71. The van der Waals surface area contributed by atoms with Gasteiger partial charge in [0.15, 0.2) is 0 Å². The number of rotatable bonds is 4. The van der Waals surface area contributed by atoms with E-state index < -0.39 is 0 Å². The summed E-state index contributed by atoms with van der Waals surface area (Å²) in [6, 6.07) is 9.08. The van der Waals surface area contributed by atoms with Crippen LogP contribution in [0.2, 0.25) is 5.02 Å². The predicted octanol–water partition coefficient (Wildman–Crippen LogP) is 4.83. The zero-order chi connectivity index (χ0) is 17.3. The molecule has 0 N–H and O–H groups in total. The van der Waals surface area contributed by atoms with Crippen LogP contribution in [-0.4, -0.2) is 28.8 Å². The van der Waals surface area contributed by atoms with Crippen molar-refractivity contribution in [1.29, 1.82) is 0 Å². The molecule has 24 heavy (non-hydrogen) atoms. The Morgan fingerprint density at radius 3 is 2.79 bits per heavy atom. The zero-order valence-electron chi connectivity index (χ0n) is 13.0. The molecule has 1 aromatic heterocycles. The SMILES string of the molecule is CCN1C(=O)/C(=C\c2ccc(-c3ccc(OC)c(Cl)c3)o2)SC1=S. The highest BCUT2D eigenvalue weighted by atomic mass is 35.5. The third-order valence-electron chi connectivity index (χ3n) is 3.53. The maximum absolute atomic E-state index is 12.2. The molecule has 1 fully saturated rings. The van der Waals surface area contributed by atoms with E-state index in [-0.39, 0.29) is 5.91 Å². The number of halogens is 1. The van der Waals surface area contributed by atoms with Gasteiger partial charge in [-0.1, -0.05) is 35.6 Å². The Bertz CT molecular complexity index is 844. The Labute approximate surface area is 154 Å². The monoisotopic (exact) mass is 379 g/mol. The van der Waals surface area contributed by atoms with Crippen LogP contribution < -0.4 is 4.74 Å². The Morgan fingerprint density at radius 2 is 2.17 bits per heavy atom. The third kappa shape index (κ3) is 3.22. The molecule has 1 aliphatic rings. The van der Waals surface area contributed by atoms with E-state index in [4.69, 9.17) is 33.0 Å². The van der Waals surface area contributed by atoms with Gasteiger partial charge in [0.05, 0.1) is 17.0 Å². The van der Waals surface area contributed by atoms with Crippen LogP contribution in [0.15, 0.2) is 39.7 Å². The van der Waals surface area contributed by atoms with Crippen molar-refractivity contribution in [3.63, 3.8) is 0 Å². The lowest BCUT2D eigenvalue weighted by atomic mass is 10.2. The minimum atomic E-state index is -0.0852. The van der Waals surface area contributed by atoms with Crippen LogP contribution in [0.3, 0.4) is 0 Å². The van der Waals surface area contributed by atoms with E-state index in [1.54, 1.807) is 30.2 Å². The zero-order valence-corrected chi connectivity index (χ0v) is 15.4. The lowest BCUT2D eigenvalue weighted by Crippen LogP contribution is -2.27. The van der Waals surface area contributed by atoms with E-state index in [0.717, 1.165) is 5.56 Å². The van der Waals surface area contributed by atoms with Gasteiger partial charge in [0.2, 0.25) is 0 Å². The first kappa shape index (κ1) is 17.1. The third-order valence-corrected chi connectivity index (χ3v) is 5.20. The van der Waals surface area contributed by atoms with Gasteiger partial charge in [-0.15, -0.1) is 0 Å². The van der Waals surface area contributed by atoms with Gasteiger partial charge >= 0.3 is 0 Å². The van der Waals surface area contributed by atoms with Crippen molar-refractivity contribution >= 4 is 51.9 Å². The fourth-order valence-electron chi connectivity index (χ4n) is 2.31. The molecule has 0 atom stereocenters. The summed E-state index contributed by atoms with van der Waals surface area (Å²) in [6.45, 7) is 2.46. The Balaban J connectivity index is 1.86. The molecule has 4 nitrogen and oxygen atoms in total. The van der Waals surface area contributed by atoms with Crippen LogP contribution >= 0.6 is 35.6 Å². The van der Waals surface area contributed by atoms with Gasteiger partial charge in [0.25, 0.3) is 5.91 Å². The van der Waals surface area contributed by atoms with Crippen molar-refractivity contribution in [3.05, 3.63) is 46.0 Å². The number of hydrogen-bond acceptors (Lipinski definition) is 5. The number of amides is 1. The molecule has 1 aromatic carbocycles. The molecular weight excluding hydrogens is 366 g/mol. The second-order valence-electron chi connectivity index (χ2n) is 4.98. The van der Waals surface area contributed by atoms with Gasteiger partial charge in [-0.2, -0.15) is 0 Å². The molecular formula is C17H14ClNO3S2. The summed E-state index contributed by atoms with van der Waals surface area (Å²) in [4.78, 5) is 14.4. The second kappa shape index (κ2) is 7.01. The van der Waals surface area contributed by atoms with Crippen LogP contribution in [-0.2, 0) is 4.79 Å². The fourth-order valence-corrected chi connectivity index (χ4v) is 3.93. The Hall–Kier alpha value is -1.76. The average Bonchev–Trinajstić information content (AvgIpc) is 3.13. The van der Waals surface area contributed by atoms with E-state index >= 15 is 0 Å². The van der Waals surface area contributed by atoms with Gasteiger partial charge in [0.1, 0.15) is 21.6 Å². The first-order valence-electron chi connectivity index (χ1n) is 7.22. The normalized spacial score (nSPS) is 16.3. The number of methoxy groups -OCH3 is 1. The predicted molar refractivity (Wildman–Crippen MR) is 101 cm³/mol. The summed E-state index contributed by atoms with van der Waals surface area (Å²) < 4.78 is 11.5. The Morgan fingerprint density at radius 1 is 1.38 bits per heavy atom. The van der Waals surface area contributed by atoms with E-state index in [0.29, 0.717) is 38.1 Å². The van der Waals surface area contributed by atoms with E-state index in [2.05, 4.69) is 0 Å². The van der Waals surface area contributed by atoms with Gasteiger partial charge in [-0.25, -0.2) is 0 Å². The molecule has 0 radical (unpaired) electrons. The lowest BCUT2D eigenvalue weighted by Gasteiger charge is -2.09. The van der Waals surface area contributed by atoms with Crippen molar-refractivity contribution < 1.29 is 13.9 Å². The van der Waals surface area contributed by atoms with Crippen molar-refractivity contribution in [2.45, 2.75) is 6.92 Å². The van der Waals surface area contributed by atoms with Gasteiger partial charge in [-0.05, 0) is 37.3 Å². The maximum Gasteiger partial charge on any atom is 0.266 e. The number of carbonyl (C=O) groups excluding carboxylic acids is 1. The number of benzene rings is 1. The summed E-state index contributed by atoms with van der Waals surface area (Å²) in [5.74, 6) is 1.78. The molecule has 1 amide bonds. The molecule has 2 heterocycles. The summed E-state index contributed by atoms with van der Waals surface area (Å²) in [5, 5.41) is 0.511. The molecule has 2 aromatic rings. The standard InChI is InChI=1S/C17H14ClNO3S2/c1-3-19-16(20)15(24-17(19)23)9-11-5-7-13(22-11)10-4-6-14(21-2)12(18)8-10/h4-9H,3H2,1-2H3/b15-9+. The molecule has 0 unspecified atom stereocenters. The molecule has 0 spiro atoms. The summed E-state index contributed by atoms with van der Waals surface area (Å²) >= 11 is 12.6. The van der Waals surface area contributed by atoms with E-state index in [1.165, 1.54) is 11.8 Å². The lowest BCUT2D eigenvalue weighted by molar-refractivity contribution is -0.121. The summed E-state index contributed by atoms with van der Waals surface area (Å²) in [5.41, 5.74) is 0.835. The molecule has 3 rings (SSSR count). The quantitative estimate of drug-likeness (QED) is 0.562. The maximum atomic E-state index is 12.2. The first-order chi connectivity index (χ1) is 11.5. The summed E-state index contributed by atoms with van der Waals surface area (Å²) in [7, 11) is 1.57. The van der Waals surface area contributed by atoms with E-state index in [9.17, 15) is 4.79 Å². The van der Waals surface area contributed by atoms with Crippen molar-refractivity contribution in [1.82, 2.24) is 4.90 Å². The van der Waals surface area contributed by atoms with E-state index in [1.807, 2.05) is 25.1 Å². The number of furan rings is 1. The number of likely N-dealkylation sites (N-methyl/N-ethyl adjacent to an activating group) is 1. The molecule has 124 valence electrons. The molecule has 0 saturated carbocycles. The van der Waals surface area contributed by atoms with Gasteiger partial charge < -0.3 is 9.15 Å². The van der Waals surface area contributed by atoms with Crippen molar-refractivity contribution in [3.8, 4) is 17.1 Å². The van der Waals surface area contributed by atoms with Crippen LogP contribution in [0.5, 0.6) is 5.75 Å². The minimum absolute atomic E-state index is 0.0852. The number of ether oxygens (including phenoxy) is 1. The van der Waals surface area contributed by atoms with Gasteiger partial charge in [0, 0.05) is 18.2 Å². The van der Waals surface area contributed by atoms with Crippen molar-refractivity contribution in [2.24, 2.45) is 0 Å². The fraction of sp³-hybridized carbons (Fsp3) is 0.176. The number of thiocarbonyl (C=S) groups is 1. The highest BCUT2D eigenvalue weighted by Crippen LogP contribution is 2.34.